The van der Waals surface area contributed by atoms with Gasteiger partial charge in [-0.25, -0.2) is 0 Å². The van der Waals surface area contributed by atoms with Crippen molar-refractivity contribution in [3.05, 3.63) is 29.3 Å². The van der Waals surface area contributed by atoms with Gasteiger partial charge in [0.15, 0.2) is 0 Å². The maximum absolute atomic E-state index is 9.43. The van der Waals surface area contributed by atoms with Gasteiger partial charge in [0.2, 0.25) is 0 Å². The Kier molecular flexibility index (Phi) is 4.35. The zero-order chi connectivity index (χ0) is 11.3. The molecule has 2 heteroatoms. The number of aromatic hydroxyl groups is 1. The number of aryl methyl sites for hydroxylation is 1. The second-order valence-corrected chi connectivity index (χ2v) is 3.78. The van der Waals surface area contributed by atoms with Crippen molar-refractivity contribution < 1.29 is 5.11 Å². The molecule has 0 saturated carbocycles. The smallest absolute Gasteiger partial charge is 0.118 e. The summed E-state index contributed by atoms with van der Waals surface area (Å²) in [4.78, 5) is 4.30. The Morgan fingerprint density at radius 2 is 2.13 bits per heavy atom. The normalized spacial score (nSPS) is 11.8. The van der Waals surface area contributed by atoms with Crippen LogP contribution < -0.4 is 0 Å². The molecule has 0 aliphatic carbocycles. The van der Waals surface area contributed by atoms with Gasteiger partial charge in [-0.15, -0.1) is 0 Å². The first-order valence-electron chi connectivity index (χ1n) is 5.44. The summed E-state index contributed by atoms with van der Waals surface area (Å²) in [5, 5.41) is 9.43. The van der Waals surface area contributed by atoms with E-state index in [1.54, 1.807) is 6.07 Å². The Morgan fingerprint density at radius 3 is 2.67 bits per heavy atom. The highest BCUT2D eigenvalue weighted by molar-refractivity contribution is 6.00. The van der Waals surface area contributed by atoms with Crippen molar-refractivity contribution in [1.29, 1.82) is 0 Å². The Morgan fingerprint density at radius 1 is 1.40 bits per heavy atom. The van der Waals surface area contributed by atoms with Crippen LogP contribution in [0.25, 0.3) is 0 Å². The van der Waals surface area contributed by atoms with Crippen LogP contribution in [-0.4, -0.2) is 17.9 Å². The second kappa shape index (κ2) is 5.54. The molecule has 1 rings (SSSR count). The highest BCUT2D eigenvalue weighted by Gasteiger charge is 2.04. The first-order chi connectivity index (χ1) is 7.19. The third-order valence-corrected chi connectivity index (χ3v) is 2.57. The highest BCUT2D eigenvalue weighted by Crippen LogP contribution is 2.18. The maximum atomic E-state index is 9.43. The molecule has 1 N–H and O–H groups in total. The van der Waals surface area contributed by atoms with Crippen molar-refractivity contribution in [2.45, 2.75) is 33.1 Å². The standard InChI is InChI=1S/C13H19NO/c1-4-5-6-12(14-3)11-7-8-13(15)10(2)9-11/h7-9,15H,4-6H2,1-3H3. The van der Waals surface area contributed by atoms with Crippen LogP contribution in [0.5, 0.6) is 5.75 Å². The van der Waals surface area contributed by atoms with Gasteiger partial charge in [0, 0.05) is 12.8 Å². The van der Waals surface area contributed by atoms with Crippen LogP contribution in [0.1, 0.15) is 37.3 Å². The quantitative estimate of drug-likeness (QED) is 0.751. The molecule has 0 bridgehead atoms. The number of nitrogens with zero attached hydrogens (tertiary/aromatic N) is 1. The van der Waals surface area contributed by atoms with Crippen molar-refractivity contribution >= 4 is 5.71 Å². The van der Waals surface area contributed by atoms with Gasteiger partial charge in [-0.2, -0.15) is 0 Å². The van der Waals surface area contributed by atoms with Crippen LogP contribution >= 0.6 is 0 Å². The van der Waals surface area contributed by atoms with Crippen molar-refractivity contribution in [2.24, 2.45) is 4.99 Å². The molecule has 0 unspecified atom stereocenters. The molecule has 0 fully saturated rings. The molecule has 1 aromatic rings. The zero-order valence-electron chi connectivity index (χ0n) is 9.75. The summed E-state index contributed by atoms with van der Waals surface area (Å²) >= 11 is 0. The molecule has 1 aromatic carbocycles. The molecule has 2 nitrogen and oxygen atoms in total. The van der Waals surface area contributed by atoms with Crippen molar-refractivity contribution in [1.82, 2.24) is 0 Å². The minimum Gasteiger partial charge on any atom is -0.508 e. The van der Waals surface area contributed by atoms with E-state index in [0.29, 0.717) is 5.75 Å². The number of rotatable bonds is 4. The molecule has 82 valence electrons. The van der Waals surface area contributed by atoms with E-state index in [-0.39, 0.29) is 0 Å². The van der Waals surface area contributed by atoms with E-state index >= 15 is 0 Å². The number of hydrogen-bond acceptors (Lipinski definition) is 2. The maximum Gasteiger partial charge on any atom is 0.118 e. The molecule has 0 aliphatic heterocycles. The number of benzene rings is 1. The lowest BCUT2D eigenvalue weighted by atomic mass is 10.0. The Hall–Kier alpha value is -1.31. The van der Waals surface area contributed by atoms with Gasteiger partial charge in [-0.1, -0.05) is 13.3 Å². The van der Waals surface area contributed by atoms with E-state index in [1.165, 1.54) is 6.42 Å². The SMILES string of the molecule is CCCCC(=NC)c1ccc(O)c(C)c1. The van der Waals surface area contributed by atoms with Gasteiger partial charge in [-0.3, -0.25) is 4.99 Å². The van der Waals surface area contributed by atoms with E-state index < -0.39 is 0 Å². The van der Waals surface area contributed by atoms with Gasteiger partial charge in [0.1, 0.15) is 5.75 Å². The van der Waals surface area contributed by atoms with Gasteiger partial charge in [0.25, 0.3) is 0 Å². The monoisotopic (exact) mass is 205 g/mol. The van der Waals surface area contributed by atoms with E-state index in [0.717, 1.165) is 29.7 Å². The average Bonchev–Trinajstić information content (AvgIpc) is 2.24. The molecule has 0 saturated heterocycles. The third kappa shape index (κ3) is 3.08. The van der Waals surface area contributed by atoms with Crippen LogP contribution in [0.4, 0.5) is 0 Å². The summed E-state index contributed by atoms with van der Waals surface area (Å²) in [6.07, 6.45) is 3.35. The summed E-state index contributed by atoms with van der Waals surface area (Å²) in [6.45, 7) is 4.08. The van der Waals surface area contributed by atoms with E-state index in [9.17, 15) is 5.11 Å². The molecule has 0 radical (unpaired) electrons. The fourth-order valence-corrected chi connectivity index (χ4v) is 1.56. The summed E-state index contributed by atoms with van der Waals surface area (Å²) in [6, 6.07) is 5.66. The minimum atomic E-state index is 0.352. The first kappa shape index (κ1) is 11.8. The molecule has 0 heterocycles. The third-order valence-electron chi connectivity index (χ3n) is 2.57. The van der Waals surface area contributed by atoms with Gasteiger partial charge in [0.05, 0.1) is 0 Å². The topological polar surface area (TPSA) is 32.6 Å². The van der Waals surface area contributed by atoms with Crippen LogP contribution in [0.3, 0.4) is 0 Å². The predicted molar refractivity (Wildman–Crippen MR) is 64.8 cm³/mol. The lowest BCUT2D eigenvalue weighted by Crippen LogP contribution is -2.01. The van der Waals surface area contributed by atoms with Gasteiger partial charge < -0.3 is 5.11 Å². The predicted octanol–water partition coefficient (Wildman–Crippen LogP) is 3.31. The summed E-state index contributed by atoms with van der Waals surface area (Å²) in [7, 11) is 1.83. The fraction of sp³-hybridized carbons (Fsp3) is 0.462. The number of phenolic OH excluding ortho intramolecular Hbond substituents is 1. The van der Waals surface area contributed by atoms with Crippen LogP contribution in [-0.2, 0) is 0 Å². The Balaban J connectivity index is 2.88. The van der Waals surface area contributed by atoms with E-state index in [1.807, 2.05) is 26.1 Å². The van der Waals surface area contributed by atoms with E-state index in [2.05, 4.69) is 11.9 Å². The Labute approximate surface area is 91.7 Å². The molecule has 0 aliphatic rings. The average molecular weight is 205 g/mol. The Bertz CT molecular complexity index is 356. The molecule has 0 aromatic heterocycles. The minimum absolute atomic E-state index is 0.352. The number of phenols is 1. The summed E-state index contributed by atoms with van der Waals surface area (Å²) < 4.78 is 0. The lowest BCUT2D eigenvalue weighted by molar-refractivity contribution is 0.471. The molecular weight excluding hydrogens is 186 g/mol. The number of unbranched alkanes of at least 4 members (excludes halogenated alkanes) is 1. The summed E-state index contributed by atoms with van der Waals surface area (Å²) in [5.41, 5.74) is 3.16. The molecule has 0 amide bonds. The number of hydrogen-bond donors (Lipinski definition) is 1. The summed E-state index contributed by atoms with van der Waals surface area (Å²) in [5.74, 6) is 0.352. The van der Waals surface area contributed by atoms with Crippen LogP contribution in [0.2, 0.25) is 0 Å². The first-order valence-corrected chi connectivity index (χ1v) is 5.44. The van der Waals surface area contributed by atoms with Gasteiger partial charge >= 0.3 is 0 Å². The highest BCUT2D eigenvalue weighted by atomic mass is 16.3. The van der Waals surface area contributed by atoms with Gasteiger partial charge in [-0.05, 0) is 49.1 Å². The molecular formula is C13H19NO. The fourth-order valence-electron chi connectivity index (χ4n) is 1.56. The molecule has 15 heavy (non-hydrogen) atoms. The lowest BCUT2D eigenvalue weighted by Gasteiger charge is -2.07. The largest absolute Gasteiger partial charge is 0.508 e. The van der Waals surface area contributed by atoms with E-state index in [4.69, 9.17) is 0 Å². The van der Waals surface area contributed by atoms with Crippen LogP contribution in [0.15, 0.2) is 23.2 Å². The van der Waals surface area contributed by atoms with Crippen molar-refractivity contribution in [2.75, 3.05) is 7.05 Å². The number of aliphatic imine (C=N–C) groups is 1. The molecule has 0 spiro atoms. The second-order valence-electron chi connectivity index (χ2n) is 3.78. The molecule has 0 atom stereocenters. The van der Waals surface area contributed by atoms with Crippen LogP contribution in [0, 0.1) is 6.92 Å². The zero-order valence-corrected chi connectivity index (χ0v) is 9.75. The van der Waals surface area contributed by atoms with Crippen molar-refractivity contribution in [3.63, 3.8) is 0 Å². The van der Waals surface area contributed by atoms with Crippen molar-refractivity contribution in [3.8, 4) is 5.75 Å².